The van der Waals surface area contributed by atoms with Gasteiger partial charge >= 0.3 is 18.0 Å². The molecule has 4 aromatic heterocycles. The molecule has 4 aromatic rings. The first-order valence-corrected chi connectivity index (χ1v) is 10.9. The molecule has 0 atom stereocenters. The number of fused-ring (bicyclic) bond motifs is 1. The number of rotatable bonds is 4. The van der Waals surface area contributed by atoms with E-state index in [1.54, 1.807) is 0 Å². The van der Waals surface area contributed by atoms with Crippen LogP contribution < -0.4 is 5.69 Å². The molecule has 0 amide bonds. The highest BCUT2D eigenvalue weighted by Gasteiger charge is 2.34. The number of sulfone groups is 1. The van der Waals surface area contributed by atoms with E-state index in [-0.39, 0.29) is 11.3 Å². The summed E-state index contributed by atoms with van der Waals surface area (Å²) in [5.41, 5.74) is -3.88. The van der Waals surface area contributed by atoms with Crippen molar-refractivity contribution in [1.82, 2.24) is 28.9 Å². The monoisotopic (exact) mass is 506 g/mol. The molecule has 0 aliphatic rings. The SMILES string of the molecule is CCS(=O)(=O)c1cc(-n2ccc(C(F)(F)F)n2)cnc1-n1nc2ccc(C(F)(F)F)cn2c1=O. The van der Waals surface area contributed by atoms with Gasteiger partial charge in [0, 0.05) is 12.4 Å². The normalized spacial score (nSPS) is 13.0. The predicted molar refractivity (Wildman–Crippen MR) is 103 cm³/mol. The third-order valence-corrected chi connectivity index (χ3v) is 6.45. The average molecular weight is 506 g/mol. The van der Waals surface area contributed by atoms with E-state index in [9.17, 15) is 39.6 Å². The number of alkyl halides is 6. The molecule has 180 valence electrons. The Kier molecular flexibility index (Phi) is 5.30. The van der Waals surface area contributed by atoms with Gasteiger partial charge in [0.05, 0.1) is 23.2 Å². The minimum absolute atomic E-state index is 0.164. The Hall–Kier alpha value is -3.69. The van der Waals surface area contributed by atoms with E-state index in [2.05, 4.69) is 15.2 Å². The molecule has 0 saturated heterocycles. The Morgan fingerprint density at radius 2 is 1.71 bits per heavy atom. The highest BCUT2D eigenvalue weighted by atomic mass is 32.2. The van der Waals surface area contributed by atoms with Crippen LogP contribution in [0.4, 0.5) is 26.3 Å². The van der Waals surface area contributed by atoms with E-state index >= 15 is 0 Å². The van der Waals surface area contributed by atoms with Crippen molar-refractivity contribution < 1.29 is 34.8 Å². The fourth-order valence-corrected chi connectivity index (χ4v) is 4.02. The van der Waals surface area contributed by atoms with Gasteiger partial charge in [-0.15, -0.1) is 5.10 Å². The zero-order chi connectivity index (χ0) is 25.1. The second-order valence-electron chi connectivity index (χ2n) is 6.90. The van der Waals surface area contributed by atoms with Crippen molar-refractivity contribution >= 4 is 15.5 Å². The molecule has 0 aromatic carbocycles. The molecule has 0 bridgehead atoms. The van der Waals surface area contributed by atoms with Gasteiger partial charge in [-0.3, -0.25) is 0 Å². The summed E-state index contributed by atoms with van der Waals surface area (Å²) < 4.78 is 105. The van der Waals surface area contributed by atoms with Gasteiger partial charge in [-0.05, 0) is 24.3 Å². The largest absolute Gasteiger partial charge is 0.435 e. The molecule has 0 fully saturated rings. The minimum Gasteiger partial charge on any atom is -0.249 e. The lowest BCUT2D eigenvalue weighted by atomic mass is 10.3. The van der Waals surface area contributed by atoms with Crippen LogP contribution in [0.25, 0.3) is 17.2 Å². The molecule has 0 N–H and O–H groups in total. The molecule has 0 saturated carbocycles. The average Bonchev–Trinajstić information content (AvgIpc) is 3.38. The third-order valence-electron chi connectivity index (χ3n) is 4.72. The van der Waals surface area contributed by atoms with Crippen LogP contribution >= 0.6 is 0 Å². The number of hydrogen-bond acceptors (Lipinski definition) is 6. The maximum Gasteiger partial charge on any atom is 0.435 e. The molecule has 9 nitrogen and oxygen atoms in total. The fourth-order valence-electron chi connectivity index (χ4n) is 3.00. The Morgan fingerprint density at radius 1 is 1.00 bits per heavy atom. The number of hydrogen-bond donors (Lipinski definition) is 0. The van der Waals surface area contributed by atoms with Crippen molar-refractivity contribution in [2.45, 2.75) is 24.2 Å². The molecule has 4 rings (SSSR count). The van der Waals surface area contributed by atoms with E-state index in [1.807, 2.05) is 0 Å². The van der Waals surface area contributed by atoms with Crippen LogP contribution in [0.2, 0.25) is 0 Å². The smallest absolute Gasteiger partial charge is 0.249 e. The summed E-state index contributed by atoms with van der Waals surface area (Å²) in [5.74, 6) is -1.01. The molecule has 0 aliphatic heterocycles. The van der Waals surface area contributed by atoms with E-state index in [0.717, 1.165) is 29.2 Å². The van der Waals surface area contributed by atoms with Crippen molar-refractivity contribution in [2.75, 3.05) is 5.75 Å². The molecule has 0 radical (unpaired) electrons. The number of pyridine rings is 2. The van der Waals surface area contributed by atoms with Gasteiger partial charge in [-0.1, -0.05) is 6.92 Å². The van der Waals surface area contributed by atoms with Gasteiger partial charge in [0.1, 0.15) is 4.90 Å². The number of aromatic nitrogens is 6. The van der Waals surface area contributed by atoms with Crippen LogP contribution in [0, 0.1) is 0 Å². The van der Waals surface area contributed by atoms with Crippen molar-refractivity contribution in [3.8, 4) is 11.5 Å². The van der Waals surface area contributed by atoms with Gasteiger partial charge in [-0.25, -0.2) is 27.3 Å². The van der Waals surface area contributed by atoms with Crippen molar-refractivity contribution in [3.63, 3.8) is 0 Å². The second kappa shape index (κ2) is 7.68. The van der Waals surface area contributed by atoms with E-state index < -0.39 is 55.6 Å². The maximum absolute atomic E-state index is 13.0. The molecule has 0 spiro atoms. The molecular weight excluding hydrogens is 494 g/mol. The lowest BCUT2D eigenvalue weighted by Crippen LogP contribution is -2.23. The minimum atomic E-state index is -4.74. The Morgan fingerprint density at radius 3 is 2.29 bits per heavy atom. The third kappa shape index (κ3) is 4.04. The standard InChI is InChI=1S/C18H12F6N6O3S/c1-2-34(32,33)12-7-11(29-6-5-13(26-29)18(22,23)24)8-25-15(12)30-16(31)28-9-10(17(19,20)21)3-4-14(28)27-30/h3-9H,2H2,1H3. The highest BCUT2D eigenvalue weighted by molar-refractivity contribution is 7.91. The Bertz CT molecular complexity index is 1570. The first kappa shape index (κ1) is 23.5. The molecule has 16 heteroatoms. The van der Waals surface area contributed by atoms with Crippen molar-refractivity contribution in [1.29, 1.82) is 0 Å². The molecule has 34 heavy (non-hydrogen) atoms. The summed E-state index contributed by atoms with van der Waals surface area (Å²) in [4.78, 5) is 16.1. The van der Waals surface area contributed by atoms with Crippen LogP contribution in [0.5, 0.6) is 0 Å². The van der Waals surface area contributed by atoms with E-state index in [0.29, 0.717) is 27.4 Å². The first-order valence-electron chi connectivity index (χ1n) is 9.27. The summed E-state index contributed by atoms with van der Waals surface area (Å²) in [5, 5.41) is 7.20. The van der Waals surface area contributed by atoms with Crippen LogP contribution in [-0.2, 0) is 22.2 Å². The van der Waals surface area contributed by atoms with Crippen LogP contribution in [0.3, 0.4) is 0 Å². The summed E-state index contributed by atoms with van der Waals surface area (Å²) in [6.07, 6.45) is -7.08. The Labute approximate surface area is 185 Å². The summed E-state index contributed by atoms with van der Waals surface area (Å²) in [6.45, 7) is 1.28. The van der Waals surface area contributed by atoms with Crippen molar-refractivity contribution in [3.05, 3.63) is 64.6 Å². The molecule has 0 aliphatic carbocycles. The zero-order valence-corrected chi connectivity index (χ0v) is 17.6. The maximum atomic E-state index is 13.0. The lowest BCUT2D eigenvalue weighted by Gasteiger charge is -2.10. The van der Waals surface area contributed by atoms with Crippen molar-refractivity contribution in [2.24, 2.45) is 0 Å². The lowest BCUT2D eigenvalue weighted by molar-refractivity contribution is -0.141. The Balaban J connectivity index is 1.92. The van der Waals surface area contributed by atoms with Gasteiger partial charge in [0.15, 0.2) is 27.0 Å². The topological polar surface area (TPSA) is 104 Å². The molecule has 0 unspecified atom stereocenters. The number of nitrogens with zero attached hydrogens (tertiary/aromatic N) is 6. The quantitative estimate of drug-likeness (QED) is 0.395. The summed E-state index contributed by atoms with van der Waals surface area (Å²) >= 11 is 0. The molecule has 4 heterocycles. The van der Waals surface area contributed by atoms with E-state index in [1.165, 1.54) is 6.92 Å². The fraction of sp³-hybridized carbons (Fsp3) is 0.222. The van der Waals surface area contributed by atoms with E-state index in [4.69, 9.17) is 0 Å². The molecular formula is C18H12F6N6O3S. The second-order valence-corrected chi connectivity index (χ2v) is 9.15. The van der Waals surface area contributed by atoms with Crippen LogP contribution in [0.1, 0.15) is 18.2 Å². The van der Waals surface area contributed by atoms with Gasteiger partial charge in [0.2, 0.25) is 0 Å². The predicted octanol–water partition coefficient (Wildman–Crippen LogP) is 2.90. The summed E-state index contributed by atoms with van der Waals surface area (Å²) in [6, 6.07) is 3.24. The van der Waals surface area contributed by atoms with Crippen LogP contribution in [0.15, 0.2) is 52.5 Å². The summed E-state index contributed by atoms with van der Waals surface area (Å²) in [7, 11) is -4.13. The van der Waals surface area contributed by atoms with Gasteiger partial charge in [-0.2, -0.15) is 36.1 Å². The zero-order valence-electron chi connectivity index (χ0n) is 16.8. The first-order chi connectivity index (χ1) is 15.7. The number of halogens is 6. The van der Waals surface area contributed by atoms with Crippen LogP contribution in [-0.4, -0.2) is 43.1 Å². The van der Waals surface area contributed by atoms with Gasteiger partial charge < -0.3 is 0 Å². The highest BCUT2D eigenvalue weighted by Crippen LogP contribution is 2.30. The van der Waals surface area contributed by atoms with Gasteiger partial charge in [0.25, 0.3) is 0 Å².